The summed E-state index contributed by atoms with van der Waals surface area (Å²) < 4.78 is 39.1. The first-order chi connectivity index (χ1) is 13.7. The third-order valence-electron chi connectivity index (χ3n) is 5.36. The number of esters is 1. The zero-order chi connectivity index (χ0) is 21.2. The van der Waals surface area contributed by atoms with E-state index in [1.54, 1.807) is 0 Å². The molecule has 0 aliphatic heterocycles. The van der Waals surface area contributed by atoms with E-state index < -0.39 is 11.6 Å². The van der Waals surface area contributed by atoms with Crippen molar-refractivity contribution in [1.82, 2.24) is 0 Å². The van der Waals surface area contributed by atoms with E-state index in [0.717, 1.165) is 3.39 Å². The minimum atomic E-state index is -0.584. The van der Waals surface area contributed by atoms with Gasteiger partial charge in [0, 0.05) is 6.07 Å². The first kappa shape index (κ1) is 22.0. The van der Waals surface area contributed by atoms with Crippen LogP contribution in [0.25, 0.3) is 0 Å². The van der Waals surface area contributed by atoms with Crippen LogP contribution in [-0.4, -0.2) is 5.97 Å². The van der Waals surface area contributed by atoms with Crippen LogP contribution in [0.3, 0.4) is 0 Å². The Morgan fingerprint density at radius 3 is 2.62 bits per heavy atom. The third-order valence-corrected chi connectivity index (χ3v) is 5.88. The fourth-order valence-electron chi connectivity index (χ4n) is 3.42. The molecule has 1 fully saturated rings. The Labute approximate surface area is 185 Å². The number of benzene rings is 2. The molecule has 0 saturated heterocycles. The van der Waals surface area contributed by atoms with Crippen LogP contribution in [0.5, 0.6) is 11.5 Å². The molecule has 2 unspecified atom stereocenters. The van der Waals surface area contributed by atoms with Crippen molar-refractivity contribution in [1.29, 1.82) is 0 Å². The molecular weight excluding hydrogens is 510 g/mol. The van der Waals surface area contributed by atoms with Gasteiger partial charge in [0.2, 0.25) is 0 Å². The molecule has 0 N–H and O–H groups in total. The summed E-state index contributed by atoms with van der Waals surface area (Å²) in [5.41, 5.74) is 0.376. The molecule has 154 valence electrons. The van der Waals surface area contributed by atoms with Crippen LogP contribution >= 0.6 is 31.9 Å². The first-order valence-electron chi connectivity index (χ1n) is 9.08. The summed E-state index contributed by atoms with van der Waals surface area (Å²) in [6, 6.07) is 9.67. The van der Waals surface area contributed by atoms with Gasteiger partial charge in [0.15, 0.2) is 11.6 Å². The van der Waals surface area contributed by atoms with Gasteiger partial charge in [0.25, 0.3) is 0 Å². The molecule has 2 atom stereocenters. The molecular formula is C22H20Br2F2O3. The maximum Gasteiger partial charge on any atom is 0.309 e. The lowest BCUT2D eigenvalue weighted by atomic mass is 9.55. The lowest BCUT2D eigenvalue weighted by Gasteiger charge is -2.49. The average molecular weight is 530 g/mol. The van der Waals surface area contributed by atoms with Crippen molar-refractivity contribution in [2.75, 3.05) is 0 Å². The SMILES string of the molecule is CC1(C)C(C=C(Br)Br)CC1C(=O)OCc1ccc(F)c(Oc2cccc(F)c2)c1. The Hall–Kier alpha value is -1.73. The van der Waals surface area contributed by atoms with Gasteiger partial charge in [-0.15, -0.1) is 0 Å². The number of carbonyl (C=O) groups excluding carboxylic acids is 1. The topological polar surface area (TPSA) is 35.5 Å². The molecule has 0 amide bonds. The summed E-state index contributed by atoms with van der Waals surface area (Å²) in [6.07, 6.45) is 2.75. The highest BCUT2D eigenvalue weighted by molar-refractivity contribution is 9.28. The molecule has 0 aromatic heterocycles. The predicted octanol–water partition coefficient (Wildman–Crippen LogP) is 7.09. The molecule has 0 heterocycles. The number of hydrogen-bond donors (Lipinski definition) is 0. The highest BCUT2D eigenvalue weighted by Gasteiger charge is 2.51. The van der Waals surface area contributed by atoms with Gasteiger partial charge in [0.1, 0.15) is 18.2 Å². The van der Waals surface area contributed by atoms with Crippen LogP contribution < -0.4 is 4.74 Å². The second-order valence-corrected chi connectivity index (χ2v) is 10.4. The van der Waals surface area contributed by atoms with Crippen molar-refractivity contribution in [3.8, 4) is 11.5 Å². The van der Waals surface area contributed by atoms with Gasteiger partial charge in [-0.2, -0.15) is 0 Å². The standard InChI is InChI=1S/C22H20Br2F2O3/c1-22(2)14(10-20(23)24)9-17(22)21(27)28-12-13-6-7-18(26)19(8-13)29-16-5-3-4-15(25)11-16/h3-8,10-11,14,17H,9,12H2,1-2H3. The van der Waals surface area contributed by atoms with E-state index in [1.807, 2.05) is 19.9 Å². The summed E-state index contributed by atoms with van der Waals surface area (Å²) in [5.74, 6) is -1.14. The molecule has 0 spiro atoms. The van der Waals surface area contributed by atoms with Crippen molar-refractivity contribution in [3.05, 3.63) is 69.1 Å². The Bertz CT molecular complexity index is 939. The van der Waals surface area contributed by atoms with E-state index in [1.165, 1.54) is 42.5 Å². The lowest BCUT2D eigenvalue weighted by Crippen LogP contribution is -2.48. The fraction of sp³-hybridized carbons (Fsp3) is 0.318. The van der Waals surface area contributed by atoms with Gasteiger partial charge >= 0.3 is 5.97 Å². The summed E-state index contributed by atoms with van der Waals surface area (Å²) in [6.45, 7) is 4.08. The van der Waals surface area contributed by atoms with Gasteiger partial charge in [-0.3, -0.25) is 4.79 Å². The zero-order valence-corrected chi connectivity index (χ0v) is 19.1. The second kappa shape index (κ2) is 8.96. The Morgan fingerprint density at radius 2 is 1.97 bits per heavy atom. The number of carbonyl (C=O) groups is 1. The zero-order valence-electron chi connectivity index (χ0n) is 15.9. The largest absolute Gasteiger partial charge is 0.461 e. The van der Waals surface area contributed by atoms with E-state index in [0.29, 0.717) is 12.0 Å². The van der Waals surface area contributed by atoms with Gasteiger partial charge in [-0.1, -0.05) is 32.1 Å². The average Bonchev–Trinajstić information content (AvgIpc) is 2.65. The minimum Gasteiger partial charge on any atom is -0.461 e. The summed E-state index contributed by atoms with van der Waals surface area (Å²) in [7, 11) is 0. The molecule has 7 heteroatoms. The van der Waals surface area contributed by atoms with E-state index in [-0.39, 0.29) is 41.3 Å². The van der Waals surface area contributed by atoms with Crippen LogP contribution in [0, 0.1) is 28.9 Å². The molecule has 2 aromatic rings. The monoisotopic (exact) mass is 528 g/mol. The van der Waals surface area contributed by atoms with Crippen molar-refractivity contribution in [2.45, 2.75) is 26.9 Å². The number of hydrogen-bond acceptors (Lipinski definition) is 3. The van der Waals surface area contributed by atoms with Gasteiger partial charge < -0.3 is 9.47 Å². The Balaban J connectivity index is 1.63. The predicted molar refractivity (Wildman–Crippen MR) is 114 cm³/mol. The van der Waals surface area contributed by atoms with E-state index in [9.17, 15) is 13.6 Å². The Morgan fingerprint density at radius 1 is 1.21 bits per heavy atom. The molecule has 1 aliphatic rings. The number of allylic oxidation sites excluding steroid dienone is 1. The normalized spacial score (nSPS) is 19.8. The van der Waals surface area contributed by atoms with E-state index in [4.69, 9.17) is 9.47 Å². The highest BCUT2D eigenvalue weighted by Crippen LogP contribution is 2.53. The maximum absolute atomic E-state index is 14.1. The fourth-order valence-corrected chi connectivity index (χ4v) is 4.06. The van der Waals surface area contributed by atoms with Gasteiger partial charge in [0.05, 0.1) is 9.31 Å². The smallest absolute Gasteiger partial charge is 0.309 e. The highest BCUT2D eigenvalue weighted by atomic mass is 79.9. The van der Waals surface area contributed by atoms with Crippen LogP contribution in [0.15, 0.2) is 51.9 Å². The molecule has 3 nitrogen and oxygen atoms in total. The molecule has 0 bridgehead atoms. The molecule has 3 rings (SSSR count). The van der Waals surface area contributed by atoms with E-state index >= 15 is 0 Å². The number of halogens is 4. The molecule has 2 aromatic carbocycles. The maximum atomic E-state index is 14.1. The lowest BCUT2D eigenvalue weighted by molar-refractivity contribution is -0.164. The first-order valence-corrected chi connectivity index (χ1v) is 10.7. The van der Waals surface area contributed by atoms with Crippen LogP contribution in [0.4, 0.5) is 8.78 Å². The number of ether oxygens (including phenoxy) is 2. The Kier molecular flexibility index (Phi) is 6.79. The minimum absolute atomic E-state index is 0.00779. The van der Waals surface area contributed by atoms with Crippen molar-refractivity contribution < 1.29 is 23.0 Å². The summed E-state index contributed by atoms with van der Waals surface area (Å²) in [5, 5.41) is 0. The third kappa shape index (κ3) is 5.25. The molecule has 29 heavy (non-hydrogen) atoms. The second-order valence-electron chi connectivity index (χ2n) is 7.60. The summed E-state index contributed by atoms with van der Waals surface area (Å²) in [4.78, 5) is 12.5. The number of rotatable bonds is 6. The van der Waals surface area contributed by atoms with E-state index in [2.05, 4.69) is 31.9 Å². The van der Waals surface area contributed by atoms with Gasteiger partial charge in [-0.25, -0.2) is 8.78 Å². The van der Waals surface area contributed by atoms with Crippen molar-refractivity contribution in [2.24, 2.45) is 17.3 Å². The van der Waals surface area contributed by atoms with Crippen molar-refractivity contribution in [3.63, 3.8) is 0 Å². The van der Waals surface area contributed by atoms with Gasteiger partial charge in [-0.05, 0) is 79.4 Å². The van der Waals surface area contributed by atoms with Crippen LogP contribution in [0.1, 0.15) is 25.8 Å². The van der Waals surface area contributed by atoms with Crippen LogP contribution in [-0.2, 0) is 16.1 Å². The molecule has 0 radical (unpaired) electrons. The summed E-state index contributed by atoms with van der Waals surface area (Å²) >= 11 is 6.72. The molecule has 1 aliphatic carbocycles. The van der Waals surface area contributed by atoms with Crippen LogP contribution in [0.2, 0.25) is 0 Å². The van der Waals surface area contributed by atoms with Crippen molar-refractivity contribution >= 4 is 37.8 Å². The quantitative estimate of drug-likeness (QED) is 0.374. The molecule has 1 saturated carbocycles.